The molecule has 66 valence electrons. The second-order valence-corrected chi connectivity index (χ2v) is 4.03. The summed E-state index contributed by atoms with van der Waals surface area (Å²) in [7, 11) is 0. The van der Waals surface area contributed by atoms with Gasteiger partial charge in [-0.05, 0) is 26.1 Å². The van der Waals surface area contributed by atoms with E-state index in [1.165, 1.54) is 0 Å². The largest absolute Gasteiger partial charge is 0.461 e. The molecule has 0 aliphatic rings. The van der Waals surface area contributed by atoms with Crippen LogP contribution >= 0.6 is 23.6 Å². The monoisotopic (exact) mass is 203 g/mol. The molecule has 0 unspecified atom stereocenters. The second kappa shape index (κ2) is 3.77. The van der Waals surface area contributed by atoms with Crippen LogP contribution in [0.15, 0.2) is 0 Å². The predicted molar refractivity (Wildman–Crippen MR) is 50.9 cm³/mol. The molecule has 0 saturated carbocycles. The van der Waals surface area contributed by atoms with Gasteiger partial charge in [0.15, 0.2) is 9.09 Å². The van der Waals surface area contributed by atoms with Crippen molar-refractivity contribution in [3.8, 4) is 6.01 Å². The normalized spacial score (nSPS) is 10.2. The van der Waals surface area contributed by atoms with Gasteiger partial charge in [-0.25, -0.2) is 0 Å². The number of nitrogens with zero attached hydrogens (tertiary/aromatic N) is 2. The summed E-state index contributed by atoms with van der Waals surface area (Å²) in [5, 5.41) is 0.380. The van der Waals surface area contributed by atoms with E-state index >= 15 is 0 Å². The molecule has 0 amide bonds. The quantitative estimate of drug-likeness (QED) is 0.740. The zero-order chi connectivity index (χ0) is 9.14. The fourth-order valence-electron chi connectivity index (χ4n) is 0.596. The zero-order valence-electron chi connectivity index (χ0n) is 6.77. The van der Waals surface area contributed by atoms with Crippen LogP contribution in [0.2, 0.25) is 0 Å². The van der Waals surface area contributed by atoms with Gasteiger partial charge in [-0.3, -0.25) is 0 Å². The SMILES string of the molecule is CC(C)Oc1nc(N)sc(=S)n1. The Bertz CT molecular complexity index is 323. The highest BCUT2D eigenvalue weighted by Gasteiger charge is 2.01. The Labute approximate surface area is 79.4 Å². The van der Waals surface area contributed by atoms with Gasteiger partial charge in [-0.1, -0.05) is 11.3 Å². The number of nitrogen functional groups attached to an aromatic ring is 1. The van der Waals surface area contributed by atoms with Crippen LogP contribution in [0.4, 0.5) is 5.13 Å². The van der Waals surface area contributed by atoms with Gasteiger partial charge < -0.3 is 10.5 Å². The Morgan fingerprint density at radius 1 is 1.50 bits per heavy atom. The second-order valence-electron chi connectivity index (χ2n) is 2.38. The summed E-state index contributed by atoms with van der Waals surface area (Å²) < 4.78 is 5.66. The van der Waals surface area contributed by atoms with E-state index in [0.29, 0.717) is 9.09 Å². The van der Waals surface area contributed by atoms with Crippen molar-refractivity contribution >= 4 is 28.7 Å². The van der Waals surface area contributed by atoms with Crippen molar-refractivity contribution in [1.82, 2.24) is 9.97 Å². The predicted octanol–water partition coefficient (Wildman–Crippen LogP) is 1.64. The standard InChI is InChI=1S/C6H9N3OS2/c1-3(2)10-5-8-4(7)12-6(11)9-5/h3H,1-2H3,(H2,7,8,9,11). The first-order valence-corrected chi connectivity index (χ1v) is 4.61. The lowest BCUT2D eigenvalue weighted by Gasteiger charge is -2.06. The Hall–Kier alpha value is -0.750. The fourth-order valence-corrected chi connectivity index (χ4v) is 1.36. The number of hydrogen-bond donors (Lipinski definition) is 1. The van der Waals surface area contributed by atoms with Crippen LogP contribution in [0.25, 0.3) is 0 Å². The molecule has 0 bridgehead atoms. The van der Waals surface area contributed by atoms with Crippen LogP contribution in [0.1, 0.15) is 13.8 Å². The molecule has 0 aliphatic carbocycles. The third kappa shape index (κ3) is 2.71. The van der Waals surface area contributed by atoms with Crippen LogP contribution < -0.4 is 10.5 Å². The molecule has 0 spiro atoms. The number of aromatic nitrogens is 2. The van der Waals surface area contributed by atoms with E-state index in [0.717, 1.165) is 11.3 Å². The average Bonchev–Trinajstić information content (AvgIpc) is 1.81. The fraction of sp³-hybridized carbons (Fsp3) is 0.500. The Morgan fingerprint density at radius 2 is 2.17 bits per heavy atom. The maximum Gasteiger partial charge on any atom is 0.321 e. The van der Waals surface area contributed by atoms with E-state index in [1.54, 1.807) is 0 Å². The average molecular weight is 203 g/mol. The maximum atomic E-state index is 5.46. The molecule has 0 atom stereocenters. The van der Waals surface area contributed by atoms with Crippen LogP contribution in [0, 0.1) is 3.95 Å². The summed E-state index contributed by atoms with van der Waals surface area (Å²) in [4.78, 5) is 7.76. The molecule has 1 rings (SSSR count). The molecule has 0 saturated heterocycles. The lowest BCUT2D eigenvalue weighted by Crippen LogP contribution is -2.08. The molecular weight excluding hydrogens is 194 g/mol. The van der Waals surface area contributed by atoms with Crippen LogP contribution in [0.5, 0.6) is 6.01 Å². The van der Waals surface area contributed by atoms with Gasteiger partial charge in [0.2, 0.25) is 0 Å². The van der Waals surface area contributed by atoms with Gasteiger partial charge in [-0.15, -0.1) is 0 Å². The molecule has 6 heteroatoms. The van der Waals surface area contributed by atoms with Gasteiger partial charge >= 0.3 is 6.01 Å². The van der Waals surface area contributed by atoms with Crippen molar-refractivity contribution in [3.63, 3.8) is 0 Å². The van der Waals surface area contributed by atoms with E-state index in [-0.39, 0.29) is 12.1 Å². The molecule has 4 nitrogen and oxygen atoms in total. The molecule has 1 aromatic rings. The molecule has 1 aromatic heterocycles. The molecule has 0 fully saturated rings. The lowest BCUT2D eigenvalue weighted by atomic mass is 10.5. The van der Waals surface area contributed by atoms with Crippen LogP contribution in [-0.4, -0.2) is 16.1 Å². The molecule has 0 radical (unpaired) electrons. The number of rotatable bonds is 2. The van der Waals surface area contributed by atoms with Gasteiger partial charge in [0.1, 0.15) is 0 Å². The first kappa shape index (κ1) is 9.34. The van der Waals surface area contributed by atoms with Crippen molar-refractivity contribution in [2.24, 2.45) is 0 Å². The third-order valence-electron chi connectivity index (χ3n) is 0.926. The summed E-state index contributed by atoms with van der Waals surface area (Å²) in [6.07, 6.45) is 0.0335. The summed E-state index contributed by atoms with van der Waals surface area (Å²) in [6.45, 7) is 3.78. The lowest BCUT2D eigenvalue weighted by molar-refractivity contribution is 0.223. The Balaban J connectivity index is 2.93. The third-order valence-corrected chi connectivity index (χ3v) is 1.83. The first-order valence-electron chi connectivity index (χ1n) is 3.39. The number of nitrogens with two attached hydrogens (primary N) is 1. The van der Waals surface area contributed by atoms with Crippen molar-refractivity contribution < 1.29 is 4.74 Å². The Kier molecular flexibility index (Phi) is 2.93. The molecule has 1 heterocycles. The highest BCUT2D eigenvalue weighted by atomic mass is 32.1. The van der Waals surface area contributed by atoms with Gasteiger partial charge in [-0.2, -0.15) is 9.97 Å². The maximum absolute atomic E-state index is 5.46. The number of anilines is 1. The van der Waals surface area contributed by atoms with E-state index in [2.05, 4.69) is 9.97 Å². The molecule has 0 aromatic carbocycles. The highest BCUT2D eigenvalue weighted by Crippen LogP contribution is 2.12. The van der Waals surface area contributed by atoms with Gasteiger partial charge in [0, 0.05) is 0 Å². The van der Waals surface area contributed by atoms with Crippen LogP contribution in [0.3, 0.4) is 0 Å². The van der Waals surface area contributed by atoms with Crippen molar-refractivity contribution in [3.05, 3.63) is 3.95 Å². The minimum Gasteiger partial charge on any atom is -0.461 e. The van der Waals surface area contributed by atoms with Crippen LogP contribution in [-0.2, 0) is 0 Å². The van der Waals surface area contributed by atoms with E-state index in [4.69, 9.17) is 22.7 Å². The van der Waals surface area contributed by atoms with Gasteiger partial charge in [0.25, 0.3) is 0 Å². The highest BCUT2D eigenvalue weighted by molar-refractivity contribution is 7.73. The van der Waals surface area contributed by atoms with E-state index in [1.807, 2.05) is 13.8 Å². The number of hydrogen-bond acceptors (Lipinski definition) is 6. The van der Waals surface area contributed by atoms with E-state index < -0.39 is 0 Å². The minimum absolute atomic E-state index is 0.0335. The summed E-state index contributed by atoms with van der Waals surface area (Å²) in [6, 6.07) is 0.256. The topological polar surface area (TPSA) is 61.0 Å². The molecule has 0 aliphatic heterocycles. The summed E-state index contributed by atoms with van der Waals surface area (Å²) >= 11 is 6.01. The minimum atomic E-state index is 0.0335. The molecular formula is C6H9N3OS2. The summed E-state index contributed by atoms with van der Waals surface area (Å²) in [5.74, 6) is 0. The van der Waals surface area contributed by atoms with Gasteiger partial charge in [0.05, 0.1) is 6.10 Å². The Morgan fingerprint density at radius 3 is 2.67 bits per heavy atom. The van der Waals surface area contributed by atoms with Crippen molar-refractivity contribution in [2.75, 3.05) is 5.73 Å². The molecule has 12 heavy (non-hydrogen) atoms. The van der Waals surface area contributed by atoms with Crippen molar-refractivity contribution in [1.29, 1.82) is 0 Å². The number of ether oxygens (including phenoxy) is 1. The zero-order valence-corrected chi connectivity index (χ0v) is 8.41. The smallest absolute Gasteiger partial charge is 0.321 e. The van der Waals surface area contributed by atoms with E-state index in [9.17, 15) is 0 Å². The summed E-state index contributed by atoms with van der Waals surface area (Å²) in [5.41, 5.74) is 5.46. The van der Waals surface area contributed by atoms with Crippen molar-refractivity contribution in [2.45, 2.75) is 20.0 Å². The molecule has 2 N–H and O–H groups in total. The first-order chi connectivity index (χ1) is 5.58.